The van der Waals surface area contributed by atoms with Gasteiger partial charge in [0.25, 0.3) is 5.91 Å². The van der Waals surface area contributed by atoms with Gasteiger partial charge >= 0.3 is 0 Å². The lowest BCUT2D eigenvalue weighted by molar-refractivity contribution is 0.100. The lowest BCUT2D eigenvalue weighted by Gasteiger charge is -2.14. The summed E-state index contributed by atoms with van der Waals surface area (Å²) in [6, 6.07) is 14.7. The second kappa shape index (κ2) is 7.52. The van der Waals surface area contributed by atoms with Gasteiger partial charge in [-0.25, -0.2) is 9.97 Å². The summed E-state index contributed by atoms with van der Waals surface area (Å²) >= 11 is 0. The Morgan fingerprint density at radius 2 is 1.85 bits per heavy atom. The second-order valence-electron chi connectivity index (χ2n) is 5.38. The van der Waals surface area contributed by atoms with Crippen molar-refractivity contribution >= 4 is 17.4 Å². The molecule has 132 valence electrons. The molecule has 0 aliphatic carbocycles. The zero-order chi connectivity index (χ0) is 18.5. The third-order valence-electron chi connectivity index (χ3n) is 3.75. The minimum atomic E-state index is -0.631. The summed E-state index contributed by atoms with van der Waals surface area (Å²) in [5, 5.41) is 3.10. The zero-order valence-electron chi connectivity index (χ0n) is 14.4. The SMILES string of the molecule is COc1ccc(OC)c(Nc2nc(-c3ccccc3)ncc2C(N)=O)c1. The van der Waals surface area contributed by atoms with E-state index < -0.39 is 5.91 Å². The van der Waals surface area contributed by atoms with Crippen LogP contribution in [0.25, 0.3) is 11.4 Å². The van der Waals surface area contributed by atoms with Gasteiger partial charge in [-0.05, 0) is 12.1 Å². The molecule has 0 atom stereocenters. The molecule has 26 heavy (non-hydrogen) atoms. The molecule has 0 aliphatic heterocycles. The van der Waals surface area contributed by atoms with Crippen molar-refractivity contribution in [2.24, 2.45) is 5.73 Å². The van der Waals surface area contributed by atoms with Crippen LogP contribution < -0.4 is 20.5 Å². The quantitative estimate of drug-likeness (QED) is 0.709. The molecule has 0 bridgehead atoms. The molecule has 7 heteroatoms. The van der Waals surface area contributed by atoms with E-state index in [2.05, 4.69) is 15.3 Å². The van der Waals surface area contributed by atoms with Crippen LogP contribution in [0.4, 0.5) is 11.5 Å². The highest BCUT2D eigenvalue weighted by atomic mass is 16.5. The highest BCUT2D eigenvalue weighted by Crippen LogP contribution is 2.32. The molecule has 0 saturated heterocycles. The van der Waals surface area contributed by atoms with Crippen LogP contribution in [0.1, 0.15) is 10.4 Å². The average Bonchev–Trinajstić information content (AvgIpc) is 2.68. The Morgan fingerprint density at radius 1 is 1.08 bits per heavy atom. The monoisotopic (exact) mass is 350 g/mol. The lowest BCUT2D eigenvalue weighted by Crippen LogP contribution is -2.15. The third-order valence-corrected chi connectivity index (χ3v) is 3.75. The molecule has 0 radical (unpaired) electrons. The molecule has 1 heterocycles. The Morgan fingerprint density at radius 3 is 2.50 bits per heavy atom. The van der Waals surface area contributed by atoms with Crippen LogP contribution in [0.3, 0.4) is 0 Å². The van der Waals surface area contributed by atoms with E-state index in [9.17, 15) is 4.79 Å². The van der Waals surface area contributed by atoms with Gasteiger partial charge in [0, 0.05) is 17.8 Å². The first-order chi connectivity index (χ1) is 12.6. The Bertz CT molecular complexity index is 929. The van der Waals surface area contributed by atoms with Crippen LogP contribution in [-0.2, 0) is 0 Å². The first-order valence-corrected chi connectivity index (χ1v) is 7.83. The van der Waals surface area contributed by atoms with Gasteiger partial charge in [-0.15, -0.1) is 0 Å². The molecule has 3 N–H and O–H groups in total. The molecule has 1 amide bonds. The highest BCUT2D eigenvalue weighted by molar-refractivity contribution is 5.98. The molecule has 2 aromatic carbocycles. The van der Waals surface area contributed by atoms with Crippen molar-refractivity contribution in [2.45, 2.75) is 0 Å². The number of hydrogen-bond acceptors (Lipinski definition) is 6. The van der Waals surface area contributed by atoms with Gasteiger partial charge in [0.05, 0.1) is 19.9 Å². The Kier molecular flexibility index (Phi) is 4.98. The van der Waals surface area contributed by atoms with E-state index >= 15 is 0 Å². The van der Waals surface area contributed by atoms with Crippen LogP contribution in [0.15, 0.2) is 54.7 Å². The normalized spacial score (nSPS) is 10.2. The van der Waals surface area contributed by atoms with Crippen LogP contribution in [0, 0.1) is 0 Å². The summed E-state index contributed by atoms with van der Waals surface area (Å²) in [5.74, 6) is 1.33. The number of anilines is 2. The van der Waals surface area contributed by atoms with E-state index in [0.717, 1.165) is 5.56 Å². The summed E-state index contributed by atoms with van der Waals surface area (Å²) in [7, 11) is 3.12. The number of nitrogens with two attached hydrogens (primary N) is 1. The number of carbonyl (C=O) groups excluding carboxylic acids is 1. The summed E-state index contributed by atoms with van der Waals surface area (Å²) in [6.45, 7) is 0. The predicted octanol–water partition coefficient (Wildman–Crippen LogP) is 3.00. The number of primary amides is 1. The van der Waals surface area contributed by atoms with Crippen LogP contribution >= 0.6 is 0 Å². The number of aromatic nitrogens is 2. The number of benzene rings is 2. The third kappa shape index (κ3) is 3.56. The van der Waals surface area contributed by atoms with Gasteiger partial charge in [-0.3, -0.25) is 4.79 Å². The number of rotatable bonds is 6. The fourth-order valence-corrected chi connectivity index (χ4v) is 2.42. The maximum atomic E-state index is 11.8. The first-order valence-electron chi connectivity index (χ1n) is 7.83. The lowest BCUT2D eigenvalue weighted by atomic mass is 10.2. The van der Waals surface area contributed by atoms with Gasteiger partial charge < -0.3 is 20.5 Å². The van der Waals surface area contributed by atoms with Crippen LogP contribution in [0.2, 0.25) is 0 Å². The zero-order valence-corrected chi connectivity index (χ0v) is 14.4. The summed E-state index contributed by atoms with van der Waals surface area (Å²) in [4.78, 5) is 20.5. The number of carbonyl (C=O) groups is 1. The van der Waals surface area contributed by atoms with Crippen LogP contribution in [-0.4, -0.2) is 30.1 Å². The maximum absolute atomic E-state index is 11.8. The van der Waals surface area contributed by atoms with E-state index in [0.29, 0.717) is 23.0 Å². The van der Waals surface area contributed by atoms with E-state index in [1.54, 1.807) is 32.4 Å². The minimum absolute atomic E-state index is 0.176. The maximum Gasteiger partial charge on any atom is 0.254 e. The Hall–Kier alpha value is -3.61. The number of ether oxygens (including phenoxy) is 2. The van der Waals surface area contributed by atoms with Crippen molar-refractivity contribution in [1.82, 2.24) is 9.97 Å². The Labute approximate surface area is 150 Å². The summed E-state index contributed by atoms with van der Waals surface area (Å²) in [6.07, 6.45) is 1.41. The van der Waals surface area contributed by atoms with Crippen molar-refractivity contribution in [1.29, 1.82) is 0 Å². The van der Waals surface area contributed by atoms with Crippen molar-refractivity contribution in [3.05, 3.63) is 60.3 Å². The van der Waals surface area contributed by atoms with Gasteiger partial charge in [0.1, 0.15) is 22.9 Å². The Balaban J connectivity index is 2.07. The molecule has 0 saturated carbocycles. The highest BCUT2D eigenvalue weighted by Gasteiger charge is 2.15. The molecule has 0 unspecified atom stereocenters. The molecule has 3 rings (SSSR count). The molecule has 0 spiro atoms. The van der Waals surface area contributed by atoms with E-state index in [-0.39, 0.29) is 11.4 Å². The molecule has 7 nitrogen and oxygen atoms in total. The largest absolute Gasteiger partial charge is 0.497 e. The molecule has 0 fully saturated rings. The van der Waals surface area contributed by atoms with E-state index in [1.807, 2.05) is 30.3 Å². The molecule has 1 aromatic heterocycles. The number of nitrogens with one attached hydrogen (secondary N) is 1. The van der Waals surface area contributed by atoms with Gasteiger partial charge in [0.2, 0.25) is 0 Å². The molecular weight excluding hydrogens is 332 g/mol. The van der Waals surface area contributed by atoms with Crippen molar-refractivity contribution in [3.63, 3.8) is 0 Å². The number of methoxy groups -OCH3 is 2. The van der Waals surface area contributed by atoms with E-state index in [4.69, 9.17) is 15.2 Å². The number of nitrogens with zero attached hydrogens (tertiary/aromatic N) is 2. The first kappa shape index (κ1) is 17.2. The van der Waals surface area contributed by atoms with Crippen molar-refractivity contribution in [2.75, 3.05) is 19.5 Å². The summed E-state index contributed by atoms with van der Waals surface area (Å²) in [5.41, 5.74) is 7.06. The fraction of sp³-hybridized carbons (Fsp3) is 0.105. The van der Waals surface area contributed by atoms with Gasteiger partial charge in [-0.1, -0.05) is 30.3 Å². The van der Waals surface area contributed by atoms with Gasteiger partial charge in [0.15, 0.2) is 5.82 Å². The van der Waals surface area contributed by atoms with Crippen LogP contribution in [0.5, 0.6) is 11.5 Å². The predicted molar refractivity (Wildman–Crippen MR) is 98.8 cm³/mol. The molecule has 3 aromatic rings. The molecular formula is C19H18N4O3. The summed E-state index contributed by atoms with van der Waals surface area (Å²) < 4.78 is 10.6. The molecule has 0 aliphatic rings. The van der Waals surface area contributed by atoms with Gasteiger partial charge in [-0.2, -0.15) is 0 Å². The second-order valence-corrected chi connectivity index (χ2v) is 5.38. The number of hydrogen-bond donors (Lipinski definition) is 2. The van der Waals surface area contributed by atoms with Crippen molar-refractivity contribution < 1.29 is 14.3 Å². The standard InChI is InChI=1S/C19H18N4O3/c1-25-13-8-9-16(26-2)15(10-13)22-19-14(17(20)24)11-21-18(23-19)12-6-4-3-5-7-12/h3-11H,1-2H3,(H2,20,24)(H,21,22,23). The van der Waals surface area contributed by atoms with Crippen molar-refractivity contribution in [3.8, 4) is 22.9 Å². The fourth-order valence-electron chi connectivity index (χ4n) is 2.42. The number of amides is 1. The topological polar surface area (TPSA) is 99.4 Å². The minimum Gasteiger partial charge on any atom is -0.497 e. The van der Waals surface area contributed by atoms with E-state index in [1.165, 1.54) is 6.20 Å². The average molecular weight is 350 g/mol. The smallest absolute Gasteiger partial charge is 0.254 e.